The molecule has 1 N–H and O–H groups in total. The Morgan fingerprint density at radius 1 is 0.871 bits per heavy atom. The van der Waals surface area contributed by atoms with Crippen LogP contribution >= 0.6 is 0 Å². The van der Waals surface area contributed by atoms with E-state index in [-0.39, 0.29) is 12.4 Å². The summed E-state index contributed by atoms with van der Waals surface area (Å²) < 4.78 is 30.0. The van der Waals surface area contributed by atoms with E-state index in [0.717, 1.165) is 11.1 Å². The van der Waals surface area contributed by atoms with Crippen LogP contribution in [-0.2, 0) is 13.1 Å². The average Bonchev–Trinajstić information content (AvgIpc) is 2.79. The molecule has 0 amide bonds. The third-order valence-corrected chi connectivity index (χ3v) is 4.85. The van der Waals surface area contributed by atoms with Crippen molar-refractivity contribution in [3.8, 4) is 17.2 Å². The highest BCUT2D eigenvalue weighted by molar-refractivity contribution is 5.46. The molecule has 3 aromatic rings. The molecule has 0 fully saturated rings. The second-order valence-electron chi connectivity index (χ2n) is 7.23. The Labute approximate surface area is 182 Å². The minimum absolute atomic E-state index is 0.166. The van der Waals surface area contributed by atoms with Crippen molar-refractivity contribution in [1.29, 1.82) is 0 Å². The van der Waals surface area contributed by atoms with E-state index in [2.05, 4.69) is 4.90 Å². The largest absolute Gasteiger partial charge is 0.493 e. The predicted octanol–water partition coefficient (Wildman–Crippen LogP) is 4.29. The molecule has 0 saturated carbocycles. The normalized spacial score (nSPS) is 11.9. The first kappa shape index (κ1) is 22.6. The van der Waals surface area contributed by atoms with E-state index >= 15 is 0 Å². The van der Waals surface area contributed by atoms with Crippen molar-refractivity contribution >= 4 is 0 Å². The van der Waals surface area contributed by atoms with Gasteiger partial charge in [-0.15, -0.1) is 0 Å². The summed E-state index contributed by atoms with van der Waals surface area (Å²) in [5.41, 5.74) is 1.87. The van der Waals surface area contributed by atoms with Gasteiger partial charge < -0.3 is 19.3 Å². The van der Waals surface area contributed by atoms with E-state index in [4.69, 9.17) is 14.2 Å². The van der Waals surface area contributed by atoms with Gasteiger partial charge in [-0.25, -0.2) is 4.39 Å². The first-order valence-electron chi connectivity index (χ1n) is 10.1. The van der Waals surface area contributed by atoms with Gasteiger partial charge in [-0.05, 0) is 35.9 Å². The van der Waals surface area contributed by atoms with Gasteiger partial charge in [0.15, 0.2) is 11.5 Å². The van der Waals surface area contributed by atoms with Crippen molar-refractivity contribution in [2.24, 2.45) is 0 Å². The van der Waals surface area contributed by atoms with Gasteiger partial charge in [0.05, 0.1) is 14.2 Å². The third kappa shape index (κ3) is 6.70. The number of ether oxygens (including phenoxy) is 3. The van der Waals surface area contributed by atoms with Crippen LogP contribution in [0.2, 0.25) is 0 Å². The fraction of sp³-hybridized carbons (Fsp3) is 0.280. The van der Waals surface area contributed by atoms with E-state index in [0.29, 0.717) is 36.9 Å². The molecule has 0 bridgehead atoms. The van der Waals surface area contributed by atoms with Gasteiger partial charge in [-0.2, -0.15) is 0 Å². The summed E-state index contributed by atoms with van der Waals surface area (Å²) in [5, 5.41) is 10.6. The molecule has 0 radical (unpaired) electrons. The number of hydrogen-bond donors (Lipinski definition) is 1. The number of para-hydroxylation sites is 2. The van der Waals surface area contributed by atoms with Crippen LogP contribution in [0.25, 0.3) is 0 Å². The monoisotopic (exact) mass is 425 g/mol. The summed E-state index contributed by atoms with van der Waals surface area (Å²) in [6.45, 7) is 1.58. The molecule has 3 rings (SSSR count). The minimum Gasteiger partial charge on any atom is -0.493 e. The molecule has 0 saturated heterocycles. The highest BCUT2D eigenvalue weighted by atomic mass is 19.1. The Morgan fingerprint density at radius 2 is 1.61 bits per heavy atom. The molecule has 1 atom stereocenters. The molecule has 5 nitrogen and oxygen atoms in total. The number of rotatable bonds is 11. The quantitative estimate of drug-likeness (QED) is 0.497. The number of methoxy groups -OCH3 is 2. The molecule has 0 spiro atoms. The Balaban J connectivity index is 1.73. The second-order valence-corrected chi connectivity index (χ2v) is 7.23. The topological polar surface area (TPSA) is 51.2 Å². The lowest BCUT2D eigenvalue weighted by molar-refractivity contribution is 0.0625. The van der Waals surface area contributed by atoms with Gasteiger partial charge in [-0.1, -0.05) is 42.5 Å². The molecule has 0 aromatic heterocycles. The Morgan fingerprint density at radius 3 is 2.29 bits per heavy atom. The van der Waals surface area contributed by atoms with Gasteiger partial charge in [0.1, 0.15) is 24.3 Å². The molecule has 6 heteroatoms. The van der Waals surface area contributed by atoms with Crippen molar-refractivity contribution in [1.82, 2.24) is 4.90 Å². The maximum absolute atomic E-state index is 13.3. The smallest absolute Gasteiger partial charge is 0.165 e. The van der Waals surface area contributed by atoms with E-state index in [9.17, 15) is 9.50 Å². The predicted molar refractivity (Wildman–Crippen MR) is 118 cm³/mol. The van der Waals surface area contributed by atoms with Gasteiger partial charge in [0.25, 0.3) is 0 Å². The Hall–Kier alpha value is -3.09. The van der Waals surface area contributed by atoms with Crippen molar-refractivity contribution in [3.05, 3.63) is 89.7 Å². The lowest BCUT2D eigenvalue weighted by Gasteiger charge is -2.26. The number of nitrogens with zero attached hydrogens (tertiary/aromatic N) is 1. The highest BCUT2D eigenvalue weighted by Crippen LogP contribution is 2.31. The molecule has 0 aliphatic heterocycles. The van der Waals surface area contributed by atoms with Crippen LogP contribution in [0.5, 0.6) is 17.2 Å². The van der Waals surface area contributed by atoms with E-state index < -0.39 is 6.10 Å². The summed E-state index contributed by atoms with van der Waals surface area (Å²) in [6.07, 6.45) is -0.711. The summed E-state index contributed by atoms with van der Waals surface area (Å²) >= 11 is 0. The Bertz CT molecular complexity index is 934. The first-order valence-corrected chi connectivity index (χ1v) is 10.1. The highest BCUT2D eigenvalue weighted by Gasteiger charge is 2.17. The molecule has 3 aromatic carbocycles. The van der Waals surface area contributed by atoms with Crippen molar-refractivity contribution in [2.75, 3.05) is 27.4 Å². The molecule has 0 heterocycles. The lowest BCUT2D eigenvalue weighted by atomic mass is 10.1. The molecule has 0 aliphatic carbocycles. The van der Waals surface area contributed by atoms with Crippen LogP contribution in [-0.4, -0.2) is 43.5 Å². The minimum atomic E-state index is -0.711. The fourth-order valence-corrected chi connectivity index (χ4v) is 3.41. The number of aliphatic hydroxyl groups is 1. The van der Waals surface area contributed by atoms with Crippen LogP contribution in [0, 0.1) is 5.82 Å². The zero-order valence-electron chi connectivity index (χ0n) is 17.8. The zero-order valence-corrected chi connectivity index (χ0v) is 17.8. The summed E-state index contributed by atoms with van der Waals surface area (Å²) in [6, 6.07) is 21.5. The number of aliphatic hydroxyl groups excluding tert-OH is 1. The maximum Gasteiger partial charge on any atom is 0.165 e. The first-order chi connectivity index (χ1) is 15.1. The van der Waals surface area contributed by atoms with Gasteiger partial charge in [-0.3, -0.25) is 4.90 Å². The van der Waals surface area contributed by atoms with E-state index in [1.54, 1.807) is 26.4 Å². The summed E-state index contributed by atoms with van der Waals surface area (Å²) in [4.78, 5) is 2.07. The number of halogens is 1. The molecule has 0 aliphatic rings. The third-order valence-electron chi connectivity index (χ3n) is 4.85. The molecule has 31 heavy (non-hydrogen) atoms. The second kappa shape index (κ2) is 11.3. The van der Waals surface area contributed by atoms with E-state index in [1.807, 2.05) is 48.5 Å². The molecule has 164 valence electrons. The average molecular weight is 426 g/mol. The van der Waals surface area contributed by atoms with Gasteiger partial charge in [0.2, 0.25) is 0 Å². The standard InChI is InChI=1S/C25H28FNO4/c1-29-24-10-6-7-20(25(24)30-2)16-27(15-19-11-13-21(26)14-12-19)17-22(28)18-31-23-8-4-3-5-9-23/h3-14,22,28H,15-18H2,1-2H3/t22-/m1/s1. The van der Waals surface area contributed by atoms with E-state index in [1.165, 1.54) is 12.1 Å². The van der Waals surface area contributed by atoms with Crippen LogP contribution < -0.4 is 14.2 Å². The SMILES string of the molecule is COc1cccc(CN(Cc2ccc(F)cc2)C[C@@H](O)COc2ccccc2)c1OC. The van der Waals surface area contributed by atoms with Crippen LogP contribution in [0.15, 0.2) is 72.8 Å². The maximum atomic E-state index is 13.3. The lowest BCUT2D eigenvalue weighted by Crippen LogP contribution is -2.35. The molecule has 0 unspecified atom stereocenters. The summed E-state index contributed by atoms with van der Waals surface area (Å²) in [5.74, 6) is 1.74. The Kier molecular flexibility index (Phi) is 8.27. The van der Waals surface area contributed by atoms with Crippen molar-refractivity contribution in [3.63, 3.8) is 0 Å². The summed E-state index contributed by atoms with van der Waals surface area (Å²) in [7, 11) is 3.21. The number of benzene rings is 3. The molecular weight excluding hydrogens is 397 g/mol. The van der Waals surface area contributed by atoms with Crippen molar-refractivity contribution < 1.29 is 23.7 Å². The van der Waals surface area contributed by atoms with Gasteiger partial charge in [0, 0.05) is 25.2 Å². The van der Waals surface area contributed by atoms with Gasteiger partial charge >= 0.3 is 0 Å². The van der Waals surface area contributed by atoms with Crippen molar-refractivity contribution in [2.45, 2.75) is 19.2 Å². The van der Waals surface area contributed by atoms with Crippen LogP contribution in [0.4, 0.5) is 4.39 Å². The zero-order chi connectivity index (χ0) is 22.1. The van der Waals surface area contributed by atoms with Crippen LogP contribution in [0.3, 0.4) is 0 Å². The van der Waals surface area contributed by atoms with Crippen LogP contribution in [0.1, 0.15) is 11.1 Å². The fourth-order valence-electron chi connectivity index (χ4n) is 3.41. The molecular formula is C25H28FNO4. The number of hydrogen-bond acceptors (Lipinski definition) is 5.